The second kappa shape index (κ2) is 8.94. The number of carbonyl (C=O) groups excluding carboxylic acids is 2. The first-order valence-corrected chi connectivity index (χ1v) is 9.28. The Morgan fingerprint density at radius 2 is 1.73 bits per heavy atom. The first kappa shape index (κ1) is 21.3. The average Bonchev–Trinajstić information content (AvgIpc) is 2.98. The van der Waals surface area contributed by atoms with Crippen LogP contribution in [0.15, 0.2) is 42.5 Å². The fraction of sp³-hybridized carbons (Fsp3) is 0.273. The zero-order valence-electron chi connectivity index (χ0n) is 16.8. The van der Waals surface area contributed by atoms with E-state index >= 15 is 0 Å². The Balaban J connectivity index is 2.07. The summed E-state index contributed by atoms with van der Waals surface area (Å²) in [5.74, 6) is -0.209. The molecule has 1 heterocycles. The van der Waals surface area contributed by atoms with Gasteiger partial charge in [-0.1, -0.05) is 0 Å². The van der Waals surface area contributed by atoms with Crippen molar-refractivity contribution in [1.29, 1.82) is 0 Å². The van der Waals surface area contributed by atoms with Gasteiger partial charge in [-0.15, -0.1) is 0 Å². The summed E-state index contributed by atoms with van der Waals surface area (Å²) in [5.41, 5.74) is 2.14. The second-order valence-corrected chi connectivity index (χ2v) is 6.47. The summed E-state index contributed by atoms with van der Waals surface area (Å²) in [6.07, 6.45) is 0.00475. The van der Waals surface area contributed by atoms with Crippen LogP contribution < -0.4 is 9.47 Å². The first-order chi connectivity index (χ1) is 14.3. The number of halogens is 2. The van der Waals surface area contributed by atoms with E-state index in [9.17, 15) is 18.4 Å². The molecule has 8 heteroatoms. The van der Waals surface area contributed by atoms with E-state index in [1.807, 2.05) is 0 Å². The Labute approximate surface area is 172 Å². The number of methoxy groups -OCH3 is 1. The van der Waals surface area contributed by atoms with Crippen LogP contribution in [0.4, 0.5) is 8.78 Å². The topological polar surface area (TPSA) is 66.8 Å². The predicted octanol–water partition coefficient (Wildman–Crippen LogP) is 4.35. The molecule has 0 spiro atoms. The molecule has 0 saturated carbocycles. The molecule has 0 fully saturated rings. The standard InChI is InChI=1S/C22H21F2NO5/c1-4-29-20(26)12-17-13(2)25(19-10-9-16(28-3)11-18(17)19)21(27)14-5-7-15(8-6-14)30-22(23)24/h5-11,22H,4,12H2,1-3H3. The van der Waals surface area contributed by atoms with Gasteiger partial charge in [-0.2, -0.15) is 8.78 Å². The average molecular weight is 417 g/mol. The lowest BCUT2D eigenvalue weighted by molar-refractivity contribution is -0.142. The monoisotopic (exact) mass is 417 g/mol. The van der Waals surface area contributed by atoms with E-state index in [1.54, 1.807) is 32.0 Å². The van der Waals surface area contributed by atoms with E-state index in [0.717, 1.165) is 0 Å². The summed E-state index contributed by atoms with van der Waals surface area (Å²) in [6, 6.07) is 10.7. The van der Waals surface area contributed by atoms with Gasteiger partial charge in [0.1, 0.15) is 11.5 Å². The molecule has 3 aromatic rings. The van der Waals surface area contributed by atoms with Gasteiger partial charge in [0, 0.05) is 16.6 Å². The van der Waals surface area contributed by atoms with Gasteiger partial charge in [-0.05, 0) is 61.9 Å². The van der Waals surface area contributed by atoms with Gasteiger partial charge in [0.05, 0.1) is 25.7 Å². The van der Waals surface area contributed by atoms with Gasteiger partial charge in [0.2, 0.25) is 0 Å². The number of hydrogen-bond acceptors (Lipinski definition) is 5. The first-order valence-electron chi connectivity index (χ1n) is 9.28. The lowest BCUT2D eigenvalue weighted by atomic mass is 10.1. The lowest BCUT2D eigenvalue weighted by Crippen LogP contribution is -2.14. The number of rotatable bonds is 7. The van der Waals surface area contributed by atoms with Crippen LogP contribution in [0.1, 0.15) is 28.5 Å². The molecule has 6 nitrogen and oxygen atoms in total. The fourth-order valence-corrected chi connectivity index (χ4v) is 3.34. The van der Waals surface area contributed by atoms with Crippen LogP contribution in [-0.2, 0) is 16.0 Å². The SMILES string of the molecule is CCOC(=O)Cc1c(C)n(C(=O)c2ccc(OC(F)F)cc2)c2ccc(OC)cc12. The largest absolute Gasteiger partial charge is 0.497 e. The van der Waals surface area contributed by atoms with E-state index in [0.29, 0.717) is 27.9 Å². The van der Waals surface area contributed by atoms with Gasteiger partial charge in [0.15, 0.2) is 0 Å². The van der Waals surface area contributed by atoms with Gasteiger partial charge in [-0.3, -0.25) is 14.2 Å². The molecule has 158 valence electrons. The van der Waals surface area contributed by atoms with Gasteiger partial charge >= 0.3 is 12.6 Å². The summed E-state index contributed by atoms with van der Waals surface area (Å²) in [5, 5.41) is 0.700. The molecule has 0 radical (unpaired) electrons. The minimum Gasteiger partial charge on any atom is -0.497 e. The van der Waals surface area contributed by atoms with E-state index in [4.69, 9.17) is 9.47 Å². The number of esters is 1. The second-order valence-electron chi connectivity index (χ2n) is 6.47. The Hall–Kier alpha value is -3.42. The van der Waals surface area contributed by atoms with Crippen molar-refractivity contribution in [3.8, 4) is 11.5 Å². The minimum atomic E-state index is -2.94. The molecule has 0 aliphatic heterocycles. The van der Waals surface area contributed by atoms with Crippen LogP contribution >= 0.6 is 0 Å². The highest BCUT2D eigenvalue weighted by atomic mass is 19.3. The Morgan fingerprint density at radius 3 is 2.33 bits per heavy atom. The normalized spacial score (nSPS) is 11.0. The molecule has 0 unspecified atom stereocenters. The maximum atomic E-state index is 13.2. The number of benzene rings is 2. The molecule has 0 aliphatic carbocycles. The van der Waals surface area contributed by atoms with Crippen LogP contribution in [0, 0.1) is 6.92 Å². The smallest absolute Gasteiger partial charge is 0.387 e. The number of fused-ring (bicyclic) bond motifs is 1. The summed E-state index contributed by atoms with van der Waals surface area (Å²) >= 11 is 0. The fourth-order valence-electron chi connectivity index (χ4n) is 3.34. The number of carbonyl (C=O) groups is 2. The van der Waals surface area contributed by atoms with E-state index in [-0.39, 0.29) is 30.2 Å². The highest BCUT2D eigenvalue weighted by Crippen LogP contribution is 2.31. The molecular formula is C22H21F2NO5. The zero-order chi connectivity index (χ0) is 21.8. The third-order valence-electron chi connectivity index (χ3n) is 4.70. The van der Waals surface area contributed by atoms with Crippen molar-refractivity contribution in [3.63, 3.8) is 0 Å². The molecule has 0 N–H and O–H groups in total. The van der Waals surface area contributed by atoms with Crippen LogP contribution in [0.2, 0.25) is 0 Å². The number of alkyl halides is 2. The summed E-state index contributed by atoms with van der Waals surface area (Å²) in [6.45, 7) is 0.781. The predicted molar refractivity (Wildman–Crippen MR) is 106 cm³/mol. The Bertz CT molecular complexity index is 1070. The van der Waals surface area contributed by atoms with Crippen molar-refractivity contribution in [3.05, 3.63) is 59.3 Å². The van der Waals surface area contributed by atoms with Crippen LogP contribution in [0.3, 0.4) is 0 Å². The number of ether oxygens (including phenoxy) is 3. The molecule has 0 atom stereocenters. The highest BCUT2D eigenvalue weighted by molar-refractivity contribution is 6.05. The summed E-state index contributed by atoms with van der Waals surface area (Å²) < 4.78 is 40.9. The van der Waals surface area contributed by atoms with E-state index < -0.39 is 12.6 Å². The van der Waals surface area contributed by atoms with Crippen LogP contribution in [0.5, 0.6) is 11.5 Å². The van der Waals surface area contributed by atoms with Crippen molar-refractivity contribution in [2.24, 2.45) is 0 Å². The molecule has 0 saturated heterocycles. The molecular weight excluding hydrogens is 396 g/mol. The molecule has 3 rings (SSSR count). The highest BCUT2D eigenvalue weighted by Gasteiger charge is 2.22. The number of aromatic nitrogens is 1. The van der Waals surface area contributed by atoms with Gasteiger partial charge < -0.3 is 14.2 Å². The van der Waals surface area contributed by atoms with Crippen LogP contribution in [-0.4, -0.2) is 36.8 Å². The van der Waals surface area contributed by atoms with E-state index in [2.05, 4.69) is 4.74 Å². The molecule has 0 bridgehead atoms. The zero-order valence-corrected chi connectivity index (χ0v) is 16.8. The van der Waals surface area contributed by atoms with Crippen molar-refractivity contribution in [1.82, 2.24) is 4.57 Å². The van der Waals surface area contributed by atoms with Gasteiger partial charge in [-0.25, -0.2) is 0 Å². The maximum Gasteiger partial charge on any atom is 0.387 e. The maximum absolute atomic E-state index is 13.2. The molecule has 2 aromatic carbocycles. The molecule has 1 aromatic heterocycles. The van der Waals surface area contributed by atoms with Crippen molar-refractivity contribution in [2.75, 3.05) is 13.7 Å². The summed E-state index contributed by atoms with van der Waals surface area (Å²) in [7, 11) is 1.53. The number of hydrogen-bond donors (Lipinski definition) is 0. The minimum absolute atomic E-state index is 0.00475. The van der Waals surface area contributed by atoms with Crippen molar-refractivity contribution >= 4 is 22.8 Å². The quantitative estimate of drug-likeness (QED) is 0.535. The Kier molecular flexibility index (Phi) is 6.34. The molecule has 0 aliphatic rings. The van der Waals surface area contributed by atoms with Crippen molar-refractivity contribution in [2.45, 2.75) is 26.9 Å². The molecule has 30 heavy (non-hydrogen) atoms. The Morgan fingerprint density at radius 1 is 1.07 bits per heavy atom. The molecule has 0 amide bonds. The third-order valence-corrected chi connectivity index (χ3v) is 4.70. The van der Waals surface area contributed by atoms with Crippen molar-refractivity contribution < 1.29 is 32.6 Å². The number of nitrogens with zero attached hydrogens (tertiary/aromatic N) is 1. The third kappa shape index (κ3) is 4.27. The summed E-state index contributed by atoms with van der Waals surface area (Å²) in [4.78, 5) is 25.3. The lowest BCUT2D eigenvalue weighted by Gasteiger charge is -2.09. The van der Waals surface area contributed by atoms with E-state index in [1.165, 1.54) is 35.9 Å². The van der Waals surface area contributed by atoms with Gasteiger partial charge in [0.25, 0.3) is 5.91 Å². The van der Waals surface area contributed by atoms with Crippen LogP contribution in [0.25, 0.3) is 10.9 Å².